The first-order valence-corrected chi connectivity index (χ1v) is 11.8. The summed E-state index contributed by atoms with van der Waals surface area (Å²) in [5, 5.41) is 10.3. The number of hydrogen-bond acceptors (Lipinski definition) is 3. The Kier molecular flexibility index (Phi) is 6.46. The lowest BCUT2D eigenvalue weighted by atomic mass is 9.69. The number of hydrogen-bond donors (Lipinski definition) is 1. The summed E-state index contributed by atoms with van der Waals surface area (Å²) in [4.78, 5) is 13.9. The maximum atomic E-state index is 13.9. The van der Waals surface area contributed by atoms with Gasteiger partial charge in [0, 0.05) is 5.92 Å². The fourth-order valence-corrected chi connectivity index (χ4v) is 5.86. The number of aliphatic hydroxyl groups excluding tert-OH is 1. The number of fused-ring (bicyclic) bond motifs is 2. The molecule has 170 valence electrons. The van der Waals surface area contributed by atoms with Crippen molar-refractivity contribution in [2.75, 3.05) is 0 Å². The van der Waals surface area contributed by atoms with E-state index in [4.69, 9.17) is 16.3 Å². The second-order valence-electron chi connectivity index (χ2n) is 9.11. The van der Waals surface area contributed by atoms with Crippen LogP contribution in [-0.4, -0.2) is 23.1 Å². The highest BCUT2D eigenvalue weighted by Gasteiger charge is 2.55. The van der Waals surface area contributed by atoms with Crippen LogP contribution in [0.15, 0.2) is 36.6 Å². The molecule has 0 spiro atoms. The molecule has 4 rings (SSSR count). The summed E-state index contributed by atoms with van der Waals surface area (Å²) in [6.45, 7) is 8.23. The molecule has 5 heteroatoms. The van der Waals surface area contributed by atoms with E-state index in [1.807, 2.05) is 6.92 Å². The van der Waals surface area contributed by atoms with Crippen molar-refractivity contribution in [2.24, 2.45) is 11.8 Å². The van der Waals surface area contributed by atoms with E-state index in [9.17, 15) is 14.3 Å². The molecule has 2 unspecified atom stereocenters. The van der Waals surface area contributed by atoms with Gasteiger partial charge in [-0.05, 0) is 66.5 Å². The molecule has 2 aromatic carbocycles. The van der Waals surface area contributed by atoms with Gasteiger partial charge in [-0.1, -0.05) is 56.1 Å². The minimum Gasteiger partial charge on any atom is -0.515 e. The van der Waals surface area contributed by atoms with Crippen molar-refractivity contribution in [1.29, 1.82) is 0 Å². The average molecular weight is 457 g/mol. The first-order valence-electron chi connectivity index (χ1n) is 11.4. The molecule has 2 aliphatic heterocycles. The van der Waals surface area contributed by atoms with Gasteiger partial charge in [-0.25, -0.2) is 4.39 Å². The monoisotopic (exact) mass is 456 g/mol. The van der Waals surface area contributed by atoms with Crippen LogP contribution >= 0.6 is 11.6 Å². The van der Waals surface area contributed by atoms with Gasteiger partial charge >= 0.3 is 0 Å². The maximum Gasteiger partial charge on any atom is 0.172 e. The van der Waals surface area contributed by atoms with Crippen molar-refractivity contribution in [3.8, 4) is 0 Å². The van der Waals surface area contributed by atoms with Crippen LogP contribution in [0.25, 0.3) is 5.57 Å². The lowest BCUT2D eigenvalue weighted by molar-refractivity contribution is -0.120. The summed E-state index contributed by atoms with van der Waals surface area (Å²) in [5.41, 5.74) is 5.38. The summed E-state index contributed by atoms with van der Waals surface area (Å²) < 4.78 is 20.0. The molecular weight excluding hydrogens is 427 g/mol. The molecule has 2 heterocycles. The van der Waals surface area contributed by atoms with Crippen molar-refractivity contribution >= 4 is 23.0 Å². The third-order valence-electron chi connectivity index (χ3n) is 7.27. The van der Waals surface area contributed by atoms with Crippen molar-refractivity contribution < 1.29 is 19.0 Å². The zero-order valence-corrected chi connectivity index (χ0v) is 19.7. The molecule has 0 aromatic heterocycles. The normalized spacial score (nSPS) is 27.2. The third kappa shape index (κ3) is 3.78. The van der Waals surface area contributed by atoms with Crippen LogP contribution in [0.3, 0.4) is 0 Å². The number of Topliss-reactive ketones (excluding diaryl/α,β-unsaturated/α-hetero) is 1. The Morgan fingerprint density at radius 2 is 1.88 bits per heavy atom. The van der Waals surface area contributed by atoms with E-state index < -0.39 is 5.82 Å². The molecule has 32 heavy (non-hydrogen) atoms. The Morgan fingerprint density at radius 1 is 1.22 bits per heavy atom. The number of halogens is 2. The predicted octanol–water partition coefficient (Wildman–Crippen LogP) is 6.59. The molecule has 0 radical (unpaired) electrons. The summed E-state index contributed by atoms with van der Waals surface area (Å²) in [6.07, 6.45) is 2.94. The summed E-state index contributed by atoms with van der Waals surface area (Å²) in [6, 6.07) is 8.93. The van der Waals surface area contributed by atoms with E-state index in [0.717, 1.165) is 53.3 Å². The number of aryl methyl sites for hydroxylation is 3. The molecule has 1 N–H and O–H groups in total. The zero-order valence-electron chi connectivity index (χ0n) is 19.0. The van der Waals surface area contributed by atoms with Crippen LogP contribution in [0.5, 0.6) is 0 Å². The molecule has 5 atom stereocenters. The molecule has 0 aliphatic carbocycles. The highest BCUT2D eigenvalue weighted by atomic mass is 35.5. The molecule has 0 amide bonds. The van der Waals surface area contributed by atoms with Crippen LogP contribution in [0.4, 0.5) is 4.39 Å². The van der Waals surface area contributed by atoms with Crippen LogP contribution < -0.4 is 0 Å². The van der Waals surface area contributed by atoms with E-state index in [2.05, 4.69) is 32.9 Å². The van der Waals surface area contributed by atoms with E-state index in [1.54, 1.807) is 12.1 Å². The van der Waals surface area contributed by atoms with Crippen LogP contribution in [-0.2, 0) is 22.4 Å². The number of benzene rings is 2. The first-order chi connectivity index (χ1) is 15.3. The molecule has 2 bridgehead atoms. The Labute approximate surface area is 194 Å². The Bertz CT molecular complexity index is 1050. The van der Waals surface area contributed by atoms with E-state index in [0.29, 0.717) is 5.57 Å². The van der Waals surface area contributed by atoms with Crippen molar-refractivity contribution in [3.63, 3.8) is 0 Å². The molecule has 2 fully saturated rings. The number of carbonyl (C=O) groups excluding carboxylic acids is 1. The zero-order chi connectivity index (χ0) is 23.2. The Morgan fingerprint density at radius 3 is 2.41 bits per heavy atom. The largest absolute Gasteiger partial charge is 0.515 e. The number of rotatable bonds is 6. The fourth-order valence-electron chi connectivity index (χ4n) is 5.67. The SMILES string of the molecule is CCc1cc(C)cc(CC)c1C(=CO)C(=O)[C@H]1[C@H](C)C2CC(c3ccc(F)c(Cl)c3)[C@H]1O2. The quantitative estimate of drug-likeness (QED) is 0.394. The minimum absolute atomic E-state index is 0.0301. The molecular formula is C27H30ClFO3. The highest BCUT2D eigenvalue weighted by Crippen LogP contribution is 2.52. The summed E-state index contributed by atoms with van der Waals surface area (Å²) in [7, 11) is 0. The van der Waals surface area contributed by atoms with Crippen molar-refractivity contribution in [2.45, 2.75) is 65.1 Å². The number of ketones is 1. The van der Waals surface area contributed by atoms with E-state index >= 15 is 0 Å². The standard InChI is InChI=1S/C27H30ClFO3/c1-5-16-9-14(3)10-17(6-2)25(16)20(13-30)26(31)24-15(4)23-12-19(27(24)32-23)18-7-8-22(29)21(28)11-18/h7-11,13,15,19,23-24,27,30H,5-6,12H2,1-4H3/t15-,19?,23?,24-,27-/m1/s1. The molecule has 2 aromatic rings. The molecule has 2 saturated heterocycles. The topological polar surface area (TPSA) is 46.5 Å². The van der Waals surface area contributed by atoms with Crippen molar-refractivity contribution in [1.82, 2.24) is 0 Å². The fraction of sp³-hybridized carbons (Fsp3) is 0.444. The van der Waals surface area contributed by atoms with Gasteiger partial charge in [0.15, 0.2) is 5.78 Å². The maximum absolute atomic E-state index is 13.9. The highest BCUT2D eigenvalue weighted by molar-refractivity contribution is 6.30. The van der Waals surface area contributed by atoms with E-state index in [-0.39, 0.29) is 40.8 Å². The number of aliphatic hydroxyl groups is 1. The van der Waals surface area contributed by atoms with Crippen LogP contribution in [0.1, 0.15) is 60.9 Å². The smallest absolute Gasteiger partial charge is 0.172 e. The van der Waals surface area contributed by atoms with Gasteiger partial charge in [0.2, 0.25) is 0 Å². The third-order valence-corrected chi connectivity index (χ3v) is 7.56. The van der Waals surface area contributed by atoms with Gasteiger partial charge in [0.25, 0.3) is 0 Å². The lowest BCUT2D eigenvalue weighted by Crippen LogP contribution is -2.37. The second kappa shape index (κ2) is 8.99. The number of allylic oxidation sites excluding steroid dienone is 1. The van der Waals surface area contributed by atoms with Crippen LogP contribution in [0, 0.1) is 24.6 Å². The summed E-state index contributed by atoms with van der Waals surface area (Å²) >= 11 is 6.03. The van der Waals surface area contributed by atoms with Gasteiger partial charge in [0.1, 0.15) is 5.82 Å². The van der Waals surface area contributed by atoms with Gasteiger partial charge < -0.3 is 9.84 Å². The van der Waals surface area contributed by atoms with Gasteiger partial charge in [0.05, 0.1) is 35.0 Å². The van der Waals surface area contributed by atoms with Gasteiger partial charge in [-0.15, -0.1) is 0 Å². The second-order valence-corrected chi connectivity index (χ2v) is 9.52. The predicted molar refractivity (Wildman–Crippen MR) is 126 cm³/mol. The first kappa shape index (κ1) is 23.0. The Hall–Kier alpha value is -2.17. The van der Waals surface area contributed by atoms with Gasteiger partial charge in [-0.2, -0.15) is 0 Å². The molecule has 3 nitrogen and oxygen atoms in total. The number of ether oxygens (including phenoxy) is 1. The van der Waals surface area contributed by atoms with Crippen LogP contribution in [0.2, 0.25) is 5.02 Å². The Balaban J connectivity index is 1.71. The summed E-state index contributed by atoms with van der Waals surface area (Å²) in [5.74, 6) is -0.910. The lowest BCUT2D eigenvalue weighted by Gasteiger charge is -2.31. The van der Waals surface area contributed by atoms with E-state index in [1.165, 1.54) is 6.07 Å². The minimum atomic E-state index is -0.454. The van der Waals surface area contributed by atoms with Crippen molar-refractivity contribution in [3.05, 3.63) is 75.3 Å². The average Bonchev–Trinajstić information content (AvgIpc) is 3.34. The molecule has 0 saturated carbocycles. The number of carbonyl (C=O) groups is 1. The molecule has 2 aliphatic rings. The van der Waals surface area contributed by atoms with Gasteiger partial charge in [-0.3, -0.25) is 4.79 Å².